The minimum Gasteiger partial charge on any atom is -0.330 e. The SMILES string of the molecule is NCC1(CNCc2ccc3c(c2)CC(=O)N3)CCC1. The molecule has 3 rings (SSSR count). The summed E-state index contributed by atoms with van der Waals surface area (Å²) in [6.45, 7) is 2.63. The van der Waals surface area contributed by atoms with Crippen LogP contribution in [0.25, 0.3) is 0 Å². The number of rotatable bonds is 5. The number of carbonyl (C=O) groups is 1. The van der Waals surface area contributed by atoms with Crippen molar-refractivity contribution >= 4 is 11.6 Å². The van der Waals surface area contributed by atoms with E-state index in [4.69, 9.17) is 5.73 Å². The molecule has 0 unspecified atom stereocenters. The van der Waals surface area contributed by atoms with Gasteiger partial charge in [-0.05, 0) is 42.0 Å². The Labute approximate surface area is 113 Å². The summed E-state index contributed by atoms with van der Waals surface area (Å²) in [7, 11) is 0. The van der Waals surface area contributed by atoms with E-state index in [2.05, 4.69) is 22.8 Å². The number of hydrogen-bond donors (Lipinski definition) is 3. The summed E-state index contributed by atoms with van der Waals surface area (Å²) in [5.41, 5.74) is 9.51. The van der Waals surface area contributed by atoms with Crippen molar-refractivity contribution in [1.29, 1.82) is 0 Å². The fourth-order valence-electron chi connectivity index (χ4n) is 2.99. The summed E-state index contributed by atoms with van der Waals surface area (Å²) in [5, 5.41) is 6.37. The molecule has 1 fully saturated rings. The third kappa shape index (κ3) is 2.51. The number of amides is 1. The number of nitrogens with one attached hydrogen (secondary N) is 2. The molecule has 1 heterocycles. The van der Waals surface area contributed by atoms with Crippen molar-refractivity contribution in [3.63, 3.8) is 0 Å². The fraction of sp³-hybridized carbons (Fsp3) is 0.533. The third-order valence-corrected chi connectivity index (χ3v) is 4.47. The van der Waals surface area contributed by atoms with Crippen molar-refractivity contribution in [2.24, 2.45) is 11.1 Å². The van der Waals surface area contributed by atoms with E-state index in [1.54, 1.807) is 0 Å². The zero-order valence-electron chi connectivity index (χ0n) is 11.2. The van der Waals surface area contributed by atoms with Crippen LogP contribution in [-0.2, 0) is 17.8 Å². The molecule has 4 nitrogen and oxygen atoms in total. The van der Waals surface area contributed by atoms with E-state index >= 15 is 0 Å². The predicted octanol–water partition coefficient (Wildman–Crippen LogP) is 1.40. The van der Waals surface area contributed by atoms with Gasteiger partial charge in [-0.2, -0.15) is 0 Å². The predicted molar refractivity (Wildman–Crippen MR) is 75.8 cm³/mol. The molecular weight excluding hydrogens is 238 g/mol. The Balaban J connectivity index is 1.56. The van der Waals surface area contributed by atoms with E-state index in [9.17, 15) is 4.79 Å². The smallest absolute Gasteiger partial charge is 0.228 e. The average Bonchev–Trinajstić information content (AvgIpc) is 2.72. The van der Waals surface area contributed by atoms with Crippen molar-refractivity contribution in [2.45, 2.75) is 32.2 Å². The Morgan fingerprint density at radius 2 is 2.21 bits per heavy atom. The Morgan fingerprint density at radius 1 is 1.37 bits per heavy atom. The van der Waals surface area contributed by atoms with Crippen LogP contribution in [0, 0.1) is 5.41 Å². The maximum atomic E-state index is 11.3. The maximum absolute atomic E-state index is 11.3. The van der Waals surface area contributed by atoms with Crippen LogP contribution in [0.2, 0.25) is 0 Å². The second kappa shape index (κ2) is 4.94. The third-order valence-electron chi connectivity index (χ3n) is 4.47. The van der Waals surface area contributed by atoms with Crippen molar-refractivity contribution in [2.75, 3.05) is 18.4 Å². The number of benzene rings is 1. The zero-order valence-corrected chi connectivity index (χ0v) is 11.2. The van der Waals surface area contributed by atoms with Crippen molar-refractivity contribution in [1.82, 2.24) is 5.32 Å². The molecule has 1 amide bonds. The Hall–Kier alpha value is -1.39. The minimum atomic E-state index is 0.0941. The normalized spacial score (nSPS) is 19.7. The number of carbonyl (C=O) groups excluding carboxylic acids is 1. The van der Waals surface area contributed by atoms with Crippen LogP contribution < -0.4 is 16.4 Å². The van der Waals surface area contributed by atoms with E-state index in [0.29, 0.717) is 11.8 Å². The van der Waals surface area contributed by atoms with Gasteiger partial charge in [-0.25, -0.2) is 0 Å². The molecule has 0 atom stereocenters. The standard InChI is InChI=1S/C15H21N3O/c16-9-15(4-1-5-15)10-17-8-11-2-3-13-12(6-11)7-14(19)18-13/h2-3,6,17H,1,4-5,7-10,16H2,(H,18,19). The molecule has 1 saturated carbocycles. The first-order valence-corrected chi connectivity index (χ1v) is 7.03. The van der Waals surface area contributed by atoms with Gasteiger partial charge in [0.2, 0.25) is 5.91 Å². The molecule has 0 saturated heterocycles. The van der Waals surface area contributed by atoms with Crippen LogP contribution in [0.5, 0.6) is 0 Å². The molecule has 0 radical (unpaired) electrons. The highest BCUT2D eigenvalue weighted by Crippen LogP contribution is 2.39. The topological polar surface area (TPSA) is 67.1 Å². The molecule has 0 bridgehead atoms. The lowest BCUT2D eigenvalue weighted by molar-refractivity contribution is -0.115. The van der Waals surface area contributed by atoms with Gasteiger partial charge in [0.25, 0.3) is 0 Å². The minimum absolute atomic E-state index is 0.0941. The lowest BCUT2D eigenvalue weighted by Gasteiger charge is -2.41. The van der Waals surface area contributed by atoms with Gasteiger partial charge < -0.3 is 16.4 Å². The van der Waals surface area contributed by atoms with Gasteiger partial charge in [-0.3, -0.25) is 4.79 Å². The highest BCUT2D eigenvalue weighted by atomic mass is 16.1. The van der Waals surface area contributed by atoms with Crippen LogP contribution in [0.4, 0.5) is 5.69 Å². The first kappa shape index (κ1) is 12.6. The van der Waals surface area contributed by atoms with Crippen LogP contribution >= 0.6 is 0 Å². The van der Waals surface area contributed by atoms with Gasteiger partial charge in [0.15, 0.2) is 0 Å². The highest BCUT2D eigenvalue weighted by Gasteiger charge is 2.34. The number of nitrogens with two attached hydrogens (primary N) is 1. The molecule has 1 aliphatic carbocycles. The number of anilines is 1. The van der Waals surface area contributed by atoms with Crippen molar-refractivity contribution in [3.8, 4) is 0 Å². The molecule has 19 heavy (non-hydrogen) atoms. The second-order valence-electron chi connectivity index (χ2n) is 5.88. The Bertz CT molecular complexity index is 489. The quantitative estimate of drug-likeness (QED) is 0.749. The van der Waals surface area contributed by atoms with Gasteiger partial charge >= 0.3 is 0 Å². The van der Waals surface area contributed by atoms with E-state index in [0.717, 1.165) is 30.9 Å². The van der Waals surface area contributed by atoms with E-state index in [1.807, 2.05) is 6.07 Å². The molecule has 102 valence electrons. The molecule has 4 heteroatoms. The van der Waals surface area contributed by atoms with Crippen LogP contribution in [0.3, 0.4) is 0 Å². The molecule has 0 aromatic heterocycles. The summed E-state index contributed by atoms with van der Waals surface area (Å²) >= 11 is 0. The summed E-state index contributed by atoms with van der Waals surface area (Å²) < 4.78 is 0. The van der Waals surface area contributed by atoms with E-state index in [-0.39, 0.29) is 5.91 Å². The second-order valence-corrected chi connectivity index (χ2v) is 5.88. The molecule has 2 aliphatic rings. The van der Waals surface area contributed by atoms with Gasteiger partial charge in [-0.15, -0.1) is 0 Å². The van der Waals surface area contributed by atoms with Crippen molar-refractivity contribution in [3.05, 3.63) is 29.3 Å². The first-order valence-electron chi connectivity index (χ1n) is 7.03. The molecule has 1 aromatic rings. The van der Waals surface area contributed by atoms with Gasteiger partial charge in [0, 0.05) is 18.8 Å². The number of hydrogen-bond acceptors (Lipinski definition) is 3. The lowest BCUT2D eigenvalue weighted by atomic mass is 9.69. The van der Waals surface area contributed by atoms with Gasteiger partial charge in [-0.1, -0.05) is 18.6 Å². The average molecular weight is 259 g/mol. The van der Waals surface area contributed by atoms with Crippen LogP contribution in [-0.4, -0.2) is 19.0 Å². The fourth-order valence-corrected chi connectivity index (χ4v) is 2.99. The monoisotopic (exact) mass is 259 g/mol. The molecular formula is C15H21N3O. The van der Waals surface area contributed by atoms with Gasteiger partial charge in [0.05, 0.1) is 6.42 Å². The summed E-state index contributed by atoms with van der Waals surface area (Å²) in [5.74, 6) is 0.0941. The molecule has 1 aromatic carbocycles. The van der Waals surface area contributed by atoms with E-state index < -0.39 is 0 Å². The Morgan fingerprint density at radius 3 is 2.89 bits per heavy atom. The maximum Gasteiger partial charge on any atom is 0.228 e. The van der Waals surface area contributed by atoms with Crippen LogP contribution in [0.15, 0.2) is 18.2 Å². The van der Waals surface area contributed by atoms with Gasteiger partial charge in [0.1, 0.15) is 0 Å². The molecule has 1 aliphatic heterocycles. The number of fused-ring (bicyclic) bond motifs is 1. The largest absolute Gasteiger partial charge is 0.330 e. The first-order chi connectivity index (χ1) is 9.21. The van der Waals surface area contributed by atoms with Crippen LogP contribution in [0.1, 0.15) is 30.4 Å². The molecule has 0 spiro atoms. The summed E-state index contributed by atoms with van der Waals surface area (Å²) in [6.07, 6.45) is 4.32. The lowest BCUT2D eigenvalue weighted by Crippen LogP contribution is -2.45. The summed E-state index contributed by atoms with van der Waals surface area (Å²) in [4.78, 5) is 11.3. The summed E-state index contributed by atoms with van der Waals surface area (Å²) in [6, 6.07) is 6.20. The highest BCUT2D eigenvalue weighted by molar-refractivity contribution is 5.99. The zero-order chi connectivity index (χ0) is 13.3. The van der Waals surface area contributed by atoms with Crippen molar-refractivity contribution < 1.29 is 4.79 Å². The molecule has 4 N–H and O–H groups in total. The Kier molecular flexibility index (Phi) is 3.29. The van der Waals surface area contributed by atoms with E-state index in [1.165, 1.54) is 24.8 Å².